The van der Waals surface area contributed by atoms with E-state index in [4.69, 9.17) is 9.15 Å². The highest BCUT2D eigenvalue weighted by molar-refractivity contribution is 9.10. The summed E-state index contributed by atoms with van der Waals surface area (Å²) in [7, 11) is 0. The van der Waals surface area contributed by atoms with Gasteiger partial charge in [0.15, 0.2) is 4.67 Å². The number of furan rings is 1. The summed E-state index contributed by atoms with van der Waals surface area (Å²) in [5.41, 5.74) is 0. The molecule has 2 atom stereocenters. The van der Waals surface area contributed by atoms with Crippen molar-refractivity contribution in [1.29, 1.82) is 0 Å². The number of halogens is 1. The Morgan fingerprint density at radius 1 is 1.53 bits per heavy atom. The molecule has 3 nitrogen and oxygen atoms in total. The summed E-state index contributed by atoms with van der Waals surface area (Å²) in [5.74, 6) is 1.54. The molecule has 0 spiro atoms. The van der Waals surface area contributed by atoms with E-state index < -0.39 is 0 Å². The summed E-state index contributed by atoms with van der Waals surface area (Å²) >= 11 is 3.37. The number of ether oxygens (including phenoxy) is 1. The molecule has 4 heteroatoms. The number of hydrogen-bond acceptors (Lipinski definition) is 3. The quantitative estimate of drug-likeness (QED) is 0.904. The molecule has 1 aliphatic heterocycles. The summed E-state index contributed by atoms with van der Waals surface area (Å²) in [6, 6.07) is 4.28. The topological polar surface area (TPSA) is 34.4 Å². The monoisotopic (exact) mass is 301 g/mol. The van der Waals surface area contributed by atoms with Gasteiger partial charge in [0, 0.05) is 12.5 Å². The van der Waals surface area contributed by atoms with Gasteiger partial charge >= 0.3 is 0 Å². The van der Waals surface area contributed by atoms with E-state index in [1.807, 2.05) is 12.1 Å². The lowest BCUT2D eigenvalue weighted by molar-refractivity contribution is 0.0354. The SMILES string of the molecule is CCCNC(c1ccc(Br)o1)C1CCCOC1. The zero-order chi connectivity index (χ0) is 12.1. The maximum Gasteiger partial charge on any atom is 0.169 e. The molecule has 0 aromatic carbocycles. The minimum Gasteiger partial charge on any atom is -0.453 e. The number of nitrogens with one attached hydrogen (secondary N) is 1. The number of rotatable bonds is 5. The third-order valence-electron chi connectivity index (χ3n) is 3.18. The zero-order valence-corrected chi connectivity index (χ0v) is 11.8. The van der Waals surface area contributed by atoms with Gasteiger partial charge in [0.1, 0.15) is 5.76 Å². The second kappa shape index (κ2) is 6.57. The lowest BCUT2D eigenvalue weighted by atomic mass is 9.92. The van der Waals surface area contributed by atoms with Crippen LogP contribution < -0.4 is 5.32 Å². The van der Waals surface area contributed by atoms with E-state index in [0.717, 1.165) is 43.0 Å². The molecule has 1 aromatic rings. The minimum atomic E-state index is 0.279. The van der Waals surface area contributed by atoms with Crippen molar-refractivity contribution in [2.75, 3.05) is 19.8 Å². The lowest BCUT2D eigenvalue weighted by Gasteiger charge is -2.29. The molecule has 0 saturated carbocycles. The van der Waals surface area contributed by atoms with Crippen LogP contribution in [-0.4, -0.2) is 19.8 Å². The van der Waals surface area contributed by atoms with Crippen molar-refractivity contribution in [1.82, 2.24) is 5.32 Å². The van der Waals surface area contributed by atoms with Gasteiger partial charge in [-0.2, -0.15) is 0 Å². The van der Waals surface area contributed by atoms with Gasteiger partial charge < -0.3 is 14.5 Å². The van der Waals surface area contributed by atoms with Gasteiger partial charge in [0.25, 0.3) is 0 Å². The molecule has 0 amide bonds. The Labute approximate surface area is 111 Å². The van der Waals surface area contributed by atoms with E-state index in [1.165, 1.54) is 6.42 Å². The Morgan fingerprint density at radius 3 is 3.00 bits per heavy atom. The molecular formula is C13H20BrNO2. The first-order chi connectivity index (χ1) is 8.31. The maximum atomic E-state index is 5.69. The average molecular weight is 302 g/mol. The normalized spacial score (nSPS) is 22.6. The molecule has 1 fully saturated rings. The van der Waals surface area contributed by atoms with Crippen LogP contribution in [0.3, 0.4) is 0 Å². The van der Waals surface area contributed by atoms with Crippen LogP contribution in [0, 0.1) is 5.92 Å². The fraction of sp³-hybridized carbons (Fsp3) is 0.692. The van der Waals surface area contributed by atoms with Crippen molar-refractivity contribution in [2.45, 2.75) is 32.2 Å². The molecule has 2 unspecified atom stereocenters. The van der Waals surface area contributed by atoms with E-state index in [1.54, 1.807) is 0 Å². The van der Waals surface area contributed by atoms with Gasteiger partial charge in [0.2, 0.25) is 0 Å². The maximum absolute atomic E-state index is 5.69. The molecule has 96 valence electrons. The fourth-order valence-electron chi connectivity index (χ4n) is 2.32. The molecule has 1 aliphatic rings. The predicted octanol–water partition coefficient (Wildman–Crippen LogP) is 3.51. The molecule has 1 aromatic heterocycles. The van der Waals surface area contributed by atoms with Crippen LogP contribution in [0.25, 0.3) is 0 Å². The van der Waals surface area contributed by atoms with Crippen molar-refractivity contribution in [2.24, 2.45) is 5.92 Å². The largest absolute Gasteiger partial charge is 0.453 e. The Bertz CT molecular complexity index is 334. The molecule has 2 rings (SSSR count). The van der Waals surface area contributed by atoms with Gasteiger partial charge in [-0.15, -0.1) is 0 Å². The molecule has 0 bridgehead atoms. The molecule has 17 heavy (non-hydrogen) atoms. The zero-order valence-electron chi connectivity index (χ0n) is 10.2. The predicted molar refractivity (Wildman–Crippen MR) is 71.0 cm³/mol. The number of hydrogen-bond donors (Lipinski definition) is 1. The van der Waals surface area contributed by atoms with Crippen molar-refractivity contribution in [3.63, 3.8) is 0 Å². The third-order valence-corrected chi connectivity index (χ3v) is 3.61. The third kappa shape index (κ3) is 3.57. The Kier molecular flexibility index (Phi) is 5.07. The Morgan fingerprint density at radius 2 is 2.41 bits per heavy atom. The highest BCUT2D eigenvalue weighted by Gasteiger charge is 2.27. The van der Waals surface area contributed by atoms with Gasteiger partial charge in [-0.05, 0) is 53.9 Å². The van der Waals surface area contributed by atoms with E-state index in [2.05, 4.69) is 28.2 Å². The van der Waals surface area contributed by atoms with Gasteiger partial charge in [-0.1, -0.05) is 6.92 Å². The van der Waals surface area contributed by atoms with Crippen LogP contribution in [-0.2, 0) is 4.74 Å². The highest BCUT2D eigenvalue weighted by Crippen LogP contribution is 2.31. The summed E-state index contributed by atoms with van der Waals surface area (Å²) in [6.45, 7) is 4.93. The molecule has 0 radical (unpaired) electrons. The Hall–Kier alpha value is -0.320. The second-order valence-electron chi connectivity index (χ2n) is 4.55. The van der Waals surface area contributed by atoms with E-state index in [9.17, 15) is 0 Å². The first-order valence-corrected chi connectivity index (χ1v) is 7.17. The molecular weight excluding hydrogens is 282 g/mol. The highest BCUT2D eigenvalue weighted by atomic mass is 79.9. The molecule has 2 heterocycles. The lowest BCUT2D eigenvalue weighted by Crippen LogP contribution is -2.33. The first-order valence-electron chi connectivity index (χ1n) is 6.37. The standard InChI is InChI=1S/C13H20BrNO2/c1-2-7-15-13(10-4-3-8-16-9-10)11-5-6-12(14)17-11/h5-6,10,13,15H,2-4,7-9H2,1H3. The van der Waals surface area contributed by atoms with Crippen LogP contribution in [0.15, 0.2) is 21.2 Å². The summed E-state index contributed by atoms with van der Waals surface area (Å²) in [5, 5.41) is 3.57. The van der Waals surface area contributed by atoms with Crippen molar-refractivity contribution < 1.29 is 9.15 Å². The molecule has 1 saturated heterocycles. The summed E-state index contributed by atoms with van der Waals surface area (Å²) < 4.78 is 12.1. The van der Waals surface area contributed by atoms with Crippen molar-refractivity contribution in [3.8, 4) is 0 Å². The van der Waals surface area contributed by atoms with Gasteiger partial charge in [-0.3, -0.25) is 0 Å². The van der Waals surface area contributed by atoms with Crippen molar-refractivity contribution >= 4 is 15.9 Å². The smallest absolute Gasteiger partial charge is 0.169 e. The minimum absolute atomic E-state index is 0.279. The van der Waals surface area contributed by atoms with Crippen LogP contribution in [0.1, 0.15) is 38.0 Å². The van der Waals surface area contributed by atoms with Gasteiger partial charge in [0.05, 0.1) is 12.6 Å². The van der Waals surface area contributed by atoms with E-state index in [-0.39, 0.29) is 6.04 Å². The molecule has 1 N–H and O–H groups in total. The first kappa shape index (κ1) is 13.1. The van der Waals surface area contributed by atoms with Crippen molar-refractivity contribution in [3.05, 3.63) is 22.6 Å². The summed E-state index contributed by atoms with van der Waals surface area (Å²) in [4.78, 5) is 0. The second-order valence-corrected chi connectivity index (χ2v) is 5.33. The Balaban J connectivity index is 2.06. The van der Waals surface area contributed by atoms with Crippen LogP contribution in [0.5, 0.6) is 0 Å². The van der Waals surface area contributed by atoms with Crippen LogP contribution >= 0.6 is 15.9 Å². The van der Waals surface area contributed by atoms with E-state index in [0.29, 0.717) is 5.92 Å². The summed E-state index contributed by atoms with van der Waals surface area (Å²) in [6.07, 6.45) is 3.49. The van der Waals surface area contributed by atoms with Gasteiger partial charge in [-0.25, -0.2) is 0 Å². The van der Waals surface area contributed by atoms with Crippen LogP contribution in [0.4, 0.5) is 0 Å². The fourth-order valence-corrected chi connectivity index (χ4v) is 2.64. The van der Waals surface area contributed by atoms with E-state index >= 15 is 0 Å². The average Bonchev–Trinajstić information content (AvgIpc) is 2.78. The molecule has 0 aliphatic carbocycles. The van der Waals surface area contributed by atoms with Crippen LogP contribution in [0.2, 0.25) is 0 Å².